The van der Waals surface area contributed by atoms with Crippen molar-refractivity contribution in [2.45, 2.75) is 25.6 Å². The molecule has 0 unspecified atom stereocenters. The van der Waals surface area contributed by atoms with Gasteiger partial charge in [-0.1, -0.05) is 15.9 Å². The molecule has 0 saturated carbocycles. The summed E-state index contributed by atoms with van der Waals surface area (Å²) < 4.78 is 53.6. The predicted molar refractivity (Wildman–Crippen MR) is 76.7 cm³/mol. The summed E-state index contributed by atoms with van der Waals surface area (Å²) in [5, 5.41) is 3.10. The van der Waals surface area contributed by atoms with Crippen LogP contribution in [0, 0.1) is 12.7 Å². The van der Waals surface area contributed by atoms with E-state index in [9.17, 15) is 17.6 Å². The SMILES string of the molecule is Cc1cc(Br)cc([C@H](CC(F)(F)F)N2CCNCC2)c1F. The van der Waals surface area contributed by atoms with Crippen molar-refractivity contribution in [3.05, 3.63) is 33.5 Å². The average Bonchev–Trinajstić information content (AvgIpc) is 2.40. The minimum atomic E-state index is -4.34. The Hall–Kier alpha value is -0.660. The lowest BCUT2D eigenvalue weighted by Gasteiger charge is -2.36. The van der Waals surface area contributed by atoms with E-state index in [-0.39, 0.29) is 5.56 Å². The molecule has 1 aromatic carbocycles. The Morgan fingerprint density at radius 2 is 1.90 bits per heavy atom. The summed E-state index contributed by atoms with van der Waals surface area (Å²) in [6.07, 6.45) is -5.38. The molecule has 0 aliphatic carbocycles. The van der Waals surface area contributed by atoms with Crippen LogP contribution in [0.3, 0.4) is 0 Å². The number of nitrogens with zero attached hydrogens (tertiary/aromatic N) is 1. The zero-order valence-electron chi connectivity index (χ0n) is 11.6. The minimum Gasteiger partial charge on any atom is -0.314 e. The number of alkyl halides is 3. The highest BCUT2D eigenvalue weighted by Gasteiger charge is 2.37. The second-order valence-corrected chi connectivity index (χ2v) is 6.16. The third-order valence-electron chi connectivity index (χ3n) is 3.62. The number of rotatable bonds is 3. The van der Waals surface area contributed by atoms with E-state index in [0.29, 0.717) is 36.2 Å². The molecule has 2 rings (SSSR count). The summed E-state index contributed by atoms with van der Waals surface area (Å²) in [7, 11) is 0. The van der Waals surface area contributed by atoms with Gasteiger partial charge in [-0.25, -0.2) is 4.39 Å². The van der Waals surface area contributed by atoms with Crippen LogP contribution in [0.5, 0.6) is 0 Å². The van der Waals surface area contributed by atoms with Gasteiger partial charge >= 0.3 is 6.18 Å². The van der Waals surface area contributed by atoms with Gasteiger partial charge in [0.15, 0.2) is 0 Å². The summed E-state index contributed by atoms with van der Waals surface area (Å²) in [5.41, 5.74) is 0.461. The second-order valence-electron chi connectivity index (χ2n) is 5.25. The molecule has 21 heavy (non-hydrogen) atoms. The van der Waals surface area contributed by atoms with Crippen molar-refractivity contribution in [1.29, 1.82) is 0 Å². The molecule has 1 aliphatic rings. The molecule has 118 valence electrons. The van der Waals surface area contributed by atoms with Gasteiger partial charge in [-0.05, 0) is 24.6 Å². The largest absolute Gasteiger partial charge is 0.390 e. The zero-order chi connectivity index (χ0) is 15.6. The topological polar surface area (TPSA) is 15.3 Å². The lowest BCUT2D eigenvalue weighted by Crippen LogP contribution is -2.46. The first-order chi connectivity index (χ1) is 9.78. The van der Waals surface area contributed by atoms with Crippen molar-refractivity contribution in [1.82, 2.24) is 10.2 Å². The van der Waals surface area contributed by atoms with E-state index in [1.165, 1.54) is 6.07 Å². The molecule has 0 aromatic heterocycles. The molecular formula is C14H17BrF4N2. The Morgan fingerprint density at radius 3 is 2.48 bits per heavy atom. The Kier molecular flexibility index (Phi) is 5.27. The first-order valence-corrected chi connectivity index (χ1v) is 7.54. The quantitative estimate of drug-likeness (QED) is 0.816. The van der Waals surface area contributed by atoms with Crippen LogP contribution in [0.1, 0.15) is 23.6 Å². The van der Waals surface area contributed by atoms with E-state index >= 15 is 0 Å². The fourth-order valence-corrected chi connectivity index (χ4v) is 3.23. The molecule has 2 nitrogen and oxygen atoms in total. The second kappa shape index (κ2) is 6.62. The standard InChI is InChI=1S/C14H17BrF4N2/c1-9-6-10(15)7-11(13(9)16)12(8-14(17,18)19)21-4-2-20-3-5-21/h6-7,12,20H,2-5,8H2,1H3/t12-/m0/s1. The van der Waals surface area contributed by atoms with E-state index in [1.807, 2.05) is 0 Å². The number of benzene rings is 1. The maximum absolute atomic E-state index is 14.3. The molecule has 1 N–H and O–H groups in total. The van der Waals surface area contributed by atoms with Gasteiger partial charge in [-0.2, -0.15) is 13.2 Å². The van der Waals surface area contributed by atoms with Gasteiger partial charge in [0, 0.05) is 42.3 Å². The summed E-state index contributed by atoms with van der Waals surface area (Å²) in [6.45, 7) is 3.75. The van der Waals surface area contributed by atoms with Crippen molar-refractivity contribution in [2.24, 2.45) is 0 Å². The Labute approximate surface area is 129 Å². The number of hydrogen-bond acceptors (Lipinski definition) is 2. The van der Waals surface area contributed by atoms with Crippen LogP contribution in [-0.2, 0) is 0 Å². The maximum atomic E-state index is 14.3. The van der Waals surface area contributed by atoms with Crippen LogP contribution in [0.25, 0.3) is 0 Å². The van der Waals surface area contributed by atoms with Crippen molar-refractivity contribution < 1.29 is 17.6 Å². The summed E-state index contributed by atoms with van der Waals surface area (Å²) in [5.74, 6) is -0.550. The van der Waals surface area contributed by atoms with Gasteiger partial charge < -0.3 is 5.32 Å². The Morgan fingerprint density at radius 1 is 1.29 bits per heavy atom. The van der Waals surface area contributed by atoms with E-state index in [2.05, 4.69) is 21.2 Å². The van der Waals surface area contributed by atoms with Crippen LogP contribution in [0.15, 0.2) is 16.6 Å². The molecule has 1 fully saturated rings. The summed E-state index contributed by atoms with van der Waals surface area (Å²) in [4.78, 5) is 1.70. The van der Waals surface area contributed by atoms with Gasteiger partial charge in [-0.3, -0.25) is 4.90 Å². The van der Waals surface area contributed by atoms with Gasteiger partial charge in [0.1, 0.15) is 5.82 Å². The normalized spacial score (nSPS) is 18.8. The lowest BCUT2D eigenvalue weighted by molar-refractivity contribution is -0.149. The molecule has 0 radical (unpaired) electrons. The third kappa shape index (κ3) is 4.40. The lowest BCUT2D eigenvalue weighted by atomic mass is 9.98. The van der Waals surface area contributed by atoms with E-state index < -0.39 is 24.5 Å². The summed E-state index contributed by atoms with van der Waals surface area (Å²) >= 11 is 3.24. The fourth-order valence-electron chi connectivity index (χ4n) is 2.64. The highest BCUT2D eigenvalue weighted by molar-refractivity contribution is 9.10. The van der Waals surface area contributed by atoms with Gasteiger partial charge in [-0.15, -0.1) is 0 Å². The Balaban J connectivity index is 2.38. The first-order valence-electron chi connectivity index (χ1n) is 6.75. The third-order valence-corrected chi connectivity index (χ3v) is 4.08. The van der Waals surface area contributed by atoms with Crippen molar-refractivity contribution >= 4 is 15.9 Å². The van der Waals surface area contributed by atoms with Gasteiger partial charge in [0.25, 0.3) is 0 Å². The van der Waals surface area contributed by atoms with Crippen molar-refractivity contribution in [3.63, 3.8) is 0 Å². The van der Waals surface area contributed by atoms with Crippen LogP contribution < -0.4 is 5.32 Å². The van der Waals surface area contributed by atoms with Crippen LogP contribution in [0.4, 0.5) is 17.6 Å². The number of aryl methyl sites for hydroxylation is 1. The number of hydrogen-bond donors (Lipinski definition) is 1. The minimum absolute atomic E-state index is 0.112. The van der Waals surface area contributed by atoms with E-state index in [0.717, 1.165) is 0 Å². The van der Waals surface area contributed by atoms with Crippen LogP contribution in [-0.4, -0.2) is 37.3 Å². The smallest absolute Gasteiger partial charge is 0.314 e. The van der Waals surface area contributed by atoms with E-state index in [1.54, 1.807) is 17.9 Å². The van der Waals surface area contributed by atoms with Gasteiger partial charge in [0.2, 0.25) is 0 Å². The monoisotopic (exact) mass is 368 g/mol. The molecule has 1 aliphatic heterocycles. The molecule has 1 heterocycles. The van der Waals surface area contributed by atoms with Crippen molar-refractivity contribution in [3.8, 4) is 0 Å². The zero-order valence-corrected chi connectivity index (χ0v) is 13.2. The predicted octanol–water partition coefficient (Wildman–Crippen LogP) is 3.80. The highest BCUT2D eigenvalue weighted by atomic mass is 79.9. The first kappa shape index (κ1) is 16.7. The molecule has 0 spiro atoms. The molecule has 1 atom stereocenters. The highest BCUT2D eigenvalue weighted by Crippen LogP contribution is 2.36. The van der Waals surface area contributed by atoms with Crippen molar-refractivity contribution in [2.75, 3.05) is 26.2 Å². The number of nitrogens with one attached hydrogen (secondary N) is 1. The van der Waals surface area contributed by atoms with E-state index in [4.69, 9.17) is 0 Å². The fraction of sp³-hybridized carbons (Fsp3) is 0.571. The average molecular weight is 369 g/mol. The van der Waals surface area contributed by atoms with Crippen LogP contribution >= 0.6 is 15.9 Å². The van der Waals surface area contributed by atoms with Gasteiger partial charge in [0.05, 0.1) is 6.42 Å². The maximum Gasteiger partial charge on any atom is 0.390 e. The molecule has 1 aromatic rings. The Bertz CT molecular complexity index is 498. The number of halogens is 5. The molecule has 0 bridgehead atoms. The molecule has 0 amide bonds. The molecule has 7 heteroatoms. The number of piperazine rings is 1. The van der Waals surface area contributed by atoms with Crippen LogP contribution in [0.2, 0.25) is 0 Å². The molecular weight excluding hydrogens is 352 g/mol. The molecule has 1 saturated heterocycles. The summed E-state index contributed by atoms with van der Waals surface area (Å²) in [6, 6.07) is 2.05.